The van der Waals surface area contributed by atoms with E-state index in [0.717, 1.165) is 34.1 Å². The van der Waals surface area contributed by atoms with Gasteiger partial charge in [0.25, 0.3) is 0 Å². The average molecular weight is 915 g/mol. The monoisotopic (exact) mass is 914 g/mol. The lowest BCUT2D eigenvalue weighted by Gasteiger charge is -2.26. The Labute approximate surface area is 420 Å². The van der Waals surface area contributed by atoms with E-state index in [9.17, 15) is 0 Å². The number of nitrogens with zero attached hydrogens (tertiary/aromatic N) is 2. The van der Waals surface area contributed by atoms with Crippen LogP contribution in [-0.2, 0) is 0 Å². The fourth-order valence-electron chi connectivity index (χ4n) is 9.27. The van der Waals surface area contributed by atoms with Crippen LogP contribution in [0.1, 0.15) is 45.7 Å². The zero-order chi connectivity index (χ0) is 48.7. The summed E-state index contributed by atoms with van der Waals surface area (Å²) < 4.78 is 0. The molecule has 0 N–H and O–H groups in total. The lowest BCUT2D eigenvalue weighted by molar-refractivity contribution is 1.28. The van der Waals surface area contributed by atoms with Crippen LogP contribution in [-0.4, -0.2) is 0 Å². The fourth-order valence-corrected chi connectivity index (χ4v) is 9.27. The summed E-state index contributed by atoms with van der Waals surface area (Å²) in [7, 11) is 0. The molecule has 0 bridgehead atoms. The highest BCUT2D eigenvalue weighted by atomic mass is 15.1. The molecule has 0 atom stereocenters. The molecule has 0 unspecified atom stereocenters. The molecule has 10 aromatic rings. The number of rotatable bonds is 13. The molecule has 0 saturated heterocycles. The maximum atomic E-state index is 2.34. The fraction of sp³-hybridized carbons (Fsp3) is 0.0725. The van der Waals surface area contributed by atoms with Gasteiger partial charge in [0.15, 0.2) is 0 Å². The SMILES string of the molecule is CC=C(C)c1ccc(N(c2ccc(-c3ccccc3)cc2)c2ccc(-c3ccc(-c4ccc(-c5ccc(N(c6ccc(C(C)=C(C)C)cc6)c6ccc(-c7ccccc7)cc6)cc5)cc4)cc3)cc2)cc1. The zero-order valence-corrected chi connectivity index (χ0v) is 41.2. The molecule has 0 fully saturated rings. The Kier molecular flexibility index (Phi) is 13.5. The van der Waals surface area contributed by atoms with Crippen LogP contribution in [0.25, 0.3) is 66.8 Å². The van der Waals surface area contributed by atoms with Crippen LogP contribution in [0, 0.1) is 0 Å². The molecule has 71 heavy (non-hydrogen) atoms. The maximum Gasteiger partial charge on any atom is 0.0462 e. The van der Waals surface area contributed by atoms with Crippen LogP contribution in [0.15, 0.2) is 266 Å². The lowest BCUT2D eigenvalue weighted by atomic mass is 9.97. The van der Waals surface area contributed by atoms with E-state index in [0.29, 0.717) is 0 Å². The van der Waals surface area contributed by atoms with E-state index in [4.69, 9.17) is 0 Å². The summed E-state index contributed by atoms with van der Waals surface area (Å²) in [6, 6.07) is 92.4. The first-order chi connectivity index (χ1) is 34.8. The number of hydrogen-bond acceptors (Lipinski definition) is 2. The van der Waals surface area contributed by atoms with Gasteiger partial charge in [-0.15, -0.1) is 0 Å². The third-order valence-electron chi connectivity index (χ3n) is 13.8. The largest absolute Gasteiger partial charge is 0.311 e. The molecule has 0 amide bonds. The molecule has 0 aliphatic rings. The van der Waals surface area contributed by atoms with Crippen molar-refractivity contribution in [2.45, 2.75) is 34.6 Å². The highest BCUT2D eigenvalue weighted by Crippen LogP contribution is 2.40. The Morgan fingerprint density at radius 3 is 0.704 bits per heavy atom. The van der Waals surface area contributed by atoms with E-state index < -0.39 is 0 Å². The molecular formula is C69H58N2. The first kappa shape index (κ1) is 46.0. The second-order valence-electron chi connectivity index (χ2n) is 18.4. The molecule has 0 saturated carbocycles. The van der Waals surface area contributed by atoms with Gasteiger partial charge in [0, 0.05) is 34.1 Å². The molecule has 344 valence electrons. The Bertz CT molecular complexity index is 3400. The Morgan fingerprint density at radius 2 is 0.465 bits per heavy atom. The van der Waals surface area contributed by atoms with Gasteiger partial charge in [-0.3, -0.25) is 0 Å². The predicted molar refractivity (Wildman–Crippen MR) is 306 cm³/mol. The molecular weight excluding hydrogens is 857 g/mol. The quantitative estimate of drug-likeness (QED) is 0.114. The summed E-state index contributed by atoms with van der Waals surface area (Å²) in [5.41, 5.74) is 25.0. The van der Waals surface area contributed by atoms with Gasteiger partial charge in [0.1, 0.15) is 0 Å². The van der Waals surface area contributed by atoms with Crippen LogP contribution in [0.4, 0.5) is 34.1 Å². The van der Waals surface area contributed by atoms with E-state index in [1.165, 1.54) is 83.5 Å². The van der Waals surface area contributed by atoms with Gasteiger partial charge in [-0.2, -0.15) is 0 Å². The molecule has 2 nitrogen and oxygen atoms in total. The third-order valence-corrected chi connectivity index (χ3v) is 13.8. The summed E-state index contributed by atoms with van der Waals surface area (Å²) in [6.07, 6.45) is 2.16. The minimum Gasteiger partial charge on any atom is -0.311 e. The van der Waals surface area contributed by atoms with Crippen molar-refractivity contribution in [3.63, 3.8) is 0 Å². The van der Waals surface area contributed by atoms with E-state index in [1.807, 2.05) is 0 Å². The number of allylic oxidation sites excluding steroid dienone is 4. The van der Waals surface area contributed by atoms with Gasteiger partial charge in [-0.05, 0) is 185 Å². The predicted octanol–water partition coefficient (Wildman–Crippen LogP) is 20.2. The second kappa shape index (κ2) is 20.9. The highest BCUT2D eigenvalue weighted by Gasteiger charge is 2.16. The maximum absolute atomic E-state index is 2.34. The molecule has 2 heteroatoms. The summed E-state index contributed by atoms with van der Waals surface area (Å²) in [5, 5.41) is 0. The Hall–Kier alpha value is -8.72. The van der Waals surface area contributed by atoms with Crippen LogP contribution < -0.4 is 9.80 Å². The van der Waals surface area contributed by atoms with Crippen molar-refractivity contribution in [3.8, 4) is 55.6 Å². The third kappa shape index (κ3) is 10.2. The van der Waals surface area contributed by atoms with Gasteiger partial charge in [-0.25, -0.2) is 0 Å². The van der Waals surface area contributed by atoms with Crippen molar-refractivity contribution in [1.82, 2.24) is 0 Å². The molecule has 0 radical (unpaired) electrons. The molecule has 0 heterocycles. The van der Waals surface area contributed by atoms with Gasteiger partial charge < -0.3 is 9.80 Å². The first-order valence-electron chi connectivity index (χ1n) is 24.6. The summed E-state index contributed by atoms with van der Waals surface area (Å²) in [5.74, 6) is 0. The normalized spacial score (nSPS) is 11.3. The summed E-state index contributed by atoms with van der Waals surface area (Å²) in [4.78, 5) is 4.68. The van der Waals surface area contributed by atoms with Gasteiger partial charge in [0.2, 0.25) is 0 Å². The molecule has 10 rings (SSSR count). The van der Waals surface area contributed by atoms with Crippen LogP contribution in [0.3, 0.4) is 0 Å². The minimum atomic E-state index is 1.11. The molecule has 0 spiro atoms. The van der Waals surface area contributed by atoms with Gasteiger partial charge in [0.05, 0.1) is 0 Å². The van der Waals surface area contributed by atoms with Crippen molar-refractivity contribution >= 4 is 45.3 Å². The van der Waals surface area contributed by atoms with Crippen LogP contribution in [0.2, 0.25) is 0 Å². The van der Waals surface area contributed by atoms with Crippen molar-refractivity contribution < 1.29 is 0 Å². The number of anilines is 6. The van der Waals surface area contributed by atoms with Gasteiger partial charge in [-0.1, -0.05) is 194 Å². The lowest BCUT2D eigenvalue weighted by Crippen LogP contribution is -2.10. The Balaban J connectivity index is 0.863. The average Bonchev–Trinajstić information content (AvgIpc) is 3.44. The standard InChI is InChI=1S/C69H58N2/c1-6-50(4)52-25-37-64(38-26-52)70(66-41-29-60(30-42-66)54-13-9-7-10-14-54)68-45-33-62(34-46-68)58-21-17-56(18-22-58)57-19-23-59(24-20-57)63-35-47-69(48-36-63)71(65-39-27-53(28-40-65)51(5)49(2)3)67-43-31-61(32-44-67)55-15-11-8-12-16-55/h6-48H,1-5H3. The zero-order valence-electron chi connectivity index (χ0n) is 41.2. The van der Waals surface area contributed by atoms with E-state index in [-0.39, 0.29) is 0 Å². The van der Waals surface area contributed by atoms with Crippen LogP contribution in [0.5, 0.6) is 0 Å². The smallest absolute Gasteiger partial charge is 0.0462 e. The van der Waals surface area contributed by atoms with E-state index >= 15 is 0 Å². The van der Waals surface area contributed by atoms with Crippen molar-refractivity contribution in [3.05, 3.63) is 278 Å². The van der Waals surface area contributed by atoms with Gasteiger partial charge >= 0.3 is 0 Å². The first-order valence-corrected chi connectivity index (χ1v) is 24.6. The second-order valence-corrected chi connectivity index (χ2v) is 18.4. The molecule has 10 aromatic carbocycles. The van der Waals surface area contributed by atoms with Crippen LogP contribution >= 0.6 is 0 Å². The number of benzene rings is 10. The van der Waals surface area contributed by atoms with E-state index in [2.05, 4.69) is 305 Å². The molecule has 0 aliphatic heterocycles. The molecule has 0 aromatic heterocycles. The summed E-state index contributed by atoms with van der Waals surface area (Å²) >= 11 is 0. The highest BCUT2D eigenvalue weighted by molar-refractivity contribution is 5.83. The molecule has 0 aliphatic carbocycles. The number of hydrogen-bond donors (Lipinski definition) is 0. The Morgan fingerprint density at radius 1 is 0.254 bits per heavy atom. The summed E-state index contributed by atoms with van der Waals surface area (Å²) in [6.45, 7) is 10.8. The van der Waals surface area contributed by atoms with Crippen molar-refractivity contribution in [2.24, 2.45) is 0 Å². The van der Waals surface area contributed by atoms with Crippen molar-refractivity contribution in [2.75, 3.05) is 9.80 Å². The minimum absolute atomic E-state index is 1.11. The topological polar surface area (TPSA) is 6.48 Å². The van der Waals surface area contributed by atoms with E-state index in [1.54, 1.807) is 0 Å². The van der Waals surface area contributed by atoms with Crippen molar-refractivity contribution in [1.29, 1.82) is 0 Å².